The highest BCUT2D eigenvalue weighted by Crippen LogP contribution is 2.35. The third kappa shape index (κ3) is 2.61. The molecular formula is C26H20N4. The number of fused-ring (bicyclic) bond motifs is 3. The normalized spacial score (nSPS) is 11.7. The average molecular weight is 388 g/mol. The number of nitrogens with one attached hydrogen (secondary N) is 2. The molecule has 0 saturated heterocycles. The van der Waals surface area contributed by atoms with E-state index in [9.17, 15) is 0 Å². The monoisotopic (exact) mass is 388 g/mol. The van der Waals surface area contributed by atoms with Gasteiger partial charge >= 0.3 is 0 Å². The molecule has 0 atom stereocenters. The lowest BCUT2D eigenvalue weighted by molar-refractivity contribution is 1.33. The van der Waals surface area contributed by atoms with Gasteiger partial charge in [0.2, 0.25) is 0 Å². The van der Waals surface area contributed by atoms with Crippen LogP contribution in [0, 0.1) is 13.8 Å². The van der Waals surface area contributed by atoms with Gasteiger partial charge in [-0.2, -0.15) is 0 Å². The van der Waals surface area contributed by atoms with E-state index in [4.69, 9.17) is 9.97 Å². The van der Waals surface area contributed by atoms with Crippen molar-refractivity contribution < 1.29 is 0 Å². The highest BCUT2D eigenvalue weighted by atomic mass is 14.9. The Morgan fingerprint density at radius 3 is 1.60 bits per heavy atom. The van der Waals surface area contributed by atoms with Gasteiger partial charge in [0.25, 0.3) is 0 Å². The molecule has 2 aromatic heterocycles. The molecule has 4 nitrogen and oxygen atoms in total. The van der Waals surface area contributed by atoms with Gasteiger partial charge in [0.05, 0.1) is 22.1 Å². The molecule has 0 aliphatic rings. The van der Waals surface area contributed by atoms with Crippen LogP contribution in [0.3, 0.4) is 0 Å². The summed E-state index contributed by atoms with van der Waals surface area (Å²) in [6.45, 7) is 4.19. The zero-order chi connectivity index (χ0) is 20.2. The summed E-state index contributed by atoms with van der Waals surface area (Å²) in [5, 5.41) is 2.31. The first kappa shape index (κ1) is 17.0. The quantitative estimate of drug-likeness (QED) is 0.354. The van der Waals surface area contributed by atoms with E-state index < -0.39 is 0 Å². The van der Waals surface area contributed by atoms with E-state index in [0.29, 0.717) is 0 Å². The van der Waals surface area contributed by atoms with Crippen molar-refractivity contribution in [2.24, 2.45) is 0 Å². The molecule has 0 bridgehead atoms. The number of nitrogens with zero attached hydrogens (tertiary/aromatic N) is 2. The van der Waals surface area contributed by atoms with Gasteiger partial charge in [-0.05, 0) is 54.6 Å². The topological polar surface area (TPSA) is 57.4 Å². The Balaban J connectivity index is 1.63. The van der Waals surface area contributed by atoms with E-state index in [-0.39, 0.29) is 0 Å². The molecule has 6 rings (SSSR count). The number of hydrogen-bond acceptors (Lipinski definition) is 2. The van der Waals surface area contributed by atoms with Gasteiger partial charge in [0.15, 0.2) is 0 Å². The summed E-state index contributed by atoms with van der Waals surface area (Å²) in [4.78, 5) is 16.8. The van der Waals surface area contributed by atoms with E-state index in [0.717, 1.165) is 50.2 Å². The molecule has 0 amide bonds. The smallest absolute Gasteiger partial charge is 0.139 e. The highest BCUT2D eigenvalue weighted by Gasteiger charge is 2.15. The van der Waals surface area contributed by atoms with Crippen LogP contribution in [-0.4, -0.2) is 19.9 Å². The molecule has 4 heteroatoms. The summed E-state index contributed by atoms with van der Waals surface area (Å²) >= 11 is 0. The van der Waals surface area contributed by atoms with Crippen molar-refractivity contribution in [1.29, 1.82) is 0 Å². The third-order valence-corrected chi connectivity index (χ3v) is 5.69. The molecule has 0 spiro atoms. The van der Waals surface area contributed by atoms with Gasteiger partial charge in [-0.15, -0.1) is 0 Å². The van der Waals surface area contributed by atoms with Crippen LogP contribution in [0.2, 0.25) is 0 Å². The van der Waals surface area contributed by atoms with Crippen LogP contribution >= 0.6 is 0 Å². The van der Waals surface area contributed by atoms with Gasteiger partial charge < -0.3 is 9.97 Å². The molecule has 2 heterocycles. The first-order valence-corrected chi connectivity index (χ1v) is 10.1. The van der Waals surface area contributed by atoms with Crippen LogP contribution in [0.25, 0.3) is 55.6 Å². The van der Waals surface area contributed by atoms with E-state index in [1.807, 2.05) is 0 Å². The fraction of sp³-hybridized carbons (Fsp3) is 0.0769. The molecule has 2 N–H and O–H groups in total. The van der Waals surface area contributed by atoms with E-state index in [2.05, 4.69) is 96.6 Å². The summed E-state index contributed by atoms with van der Waals surface area (Å²) in [5.41, 5.74) is 8.65. The summed E-state index contributed by atoms with van der Waals surface area (Å²) in [7, 11) is 0. The van der Waals surface area contributed by atoms with E-state index in [1.165, 1.54) is 16.5 Å². The fourth-order valence-corrected chi connectivity index (χ4v) is 4.24. The minimum atomic E-state index is 0.876. The predicted octanol–water partition coefficient (Wildman–Crippen LogP) is 6.54. The third-order valence-electron chi connectivity index (χ3n) is 5.69. The van der Waals surface area contributed by atoms with Gasteiger partial charge in [0.1, 0.15) is 11.6 Å². The zero-order valence-corrected chi connectivity index (χ0v) is 16.8. The number of imidazole rings is 2. The first-order valence-electron chi connectivity index (χ1n) is 10.1. The number of aromatic nitrogens is 4. The van der Waals surface area contributed by atoms with E-state index >= 15 is 0 Å². The van der Waals surface area contributed by atoms with Crippen molar-refractivity contribution in [2.75, 3.05) is 0 Å². The molecule has 144 valence electrons. The van der Waals surface area contributed by atoms with Crippen molar-refractivity contribution in [3.05, 3.63) is 83.9 Å². The second-order valence-corrected chi connectivity index (χ2v) is 7.92. The van der Waals surface area contributed by atoms with Gasteiger partial charge in [-0.3, -0.25) is 0 Å². The van der Waals surface area contributed by atoms with Crippen LogP contribution in [0.4, 0.5) is 0 Å². The largest absolute Gasteiger partial charge is 0.338 e. The lowest BCUT2D eigenvalue weighted by atomic mass is 9.98. The minimum absolute atomic E-state index is 0.876. The Morgan fingerprint density at radius 2 is 1.10 bits per heavy atom. The summed E-state index contributed by atoms with van der Waals surface area (Å²) in [6.07, 6.45) is 0. The average Bonchev–Trinajstić information content (AvgIpc) is 3.36. The number of H-pyrrole nitrogens is 2. The molecule has 0 saturated carbocycles. The van der Waals surface area contributed by atoms with E-state index in [1.54, 1.807) is 0 Å². The van der Waals surface area contributed by atoms with Crippen LogP contribution in [-0.2, 0) is 0 Å². The maximum Gasteiger partial charge on any atom is 0.139 e. The number of rotatable bonds is 2. The Kier molecular flexibility index (Phi) is 3.56. The van der Waals surface area contributed by atoms with Crippen LogP contribution in [0.5, 0.6) is 0 Å². The van der Waals surface area contributed by atoms with Crippen molar-refractivity contribution in [2.45, 2.75) is 13.8 Å². The van der Waals surface area contributed by atoms with Crippen LogP contribution in [0.1, 0.15) is 11.1 Å². The Labute approximate surface area is 173 Å². The predicted molar refractivity (Wildman–Crippen MR) is 124 cm³/mol. The Hall–Kier alpha value is -3.92. The van der Waals surface area contributed by atoms with Gasteiger partial charge in [-0.1, -0.05) is 48.5 Å². The molecule has 0 aliphatic heterocycles. The lowest BCUT2D eigenvalue weighted by Gasteiger charge is -2.09. The van der Waals surface area contributed by atoms with Crippen molar-refractivity contribution in [1.82, 2.24) is 19.9 Å². The zero-order valence-electron chi connectivity index (χ0n) is 16.8. The molecule has 4 aromatic carbocycles. The number of aryl methyl sites for hydroxylation is 2. The minimum Gasteiger partial charge on any atom is -0.338 e. The Morgan fingerprint density at radius 1 is 0.600 bits per heavy atom. The Bertz CT molecular complexity index is 1450. The summed E-state index contributed by atoms with van der Waals surface area (Å²) in [6, 6.07) is 25.3. The van der Waals surface area contributed by atoms with Crippen LogP contribution < -0.4 is 0 Å². The van der Waals surface area contributed by atoms with Crippen molar-refractivity contribution >= 4 is 32.8 Å². The lowest BCUT2D eigenvalue weighted by Crippen LogP contribution is -1.89. The summed E-state index contributed by atoms with van der Waals surface area (Å²) in [5.74, 6) is 1.75. The van der Waals surface area contributed by atoms with Crippen molar-refractivity contribution in [3.8, 4) is 22.8 Å². The van der Waals surface area contributed by atoms with Crippen LogP contribution in [0.15, 0.2) is 72.8 Å². The number of hydrogen-bond donors (Lipinski definition) is 2. The fourth-order valence-electron chi connectivity index (χ4n) is 4.24. The number of benzene rings is 4. The van der Waals surface area contributed by atoms with Crippen molar-refractivity contribution in [3.63, 3.8) is 0 Å². The SMILES string of the molecule is Cc1ccc2nc(-c3cccc4cccc(-c5nc6ccc(C)cc6[nH]5)c34)[nH]c2c1. The standard InChI is InChI=1S/C26H20N4/c1-15-9-11-20-22(13-15)29-25(27-20)18-7-3-5-17-6-4-8-19(24(17)18)26-28-21-12-10-16(2)14-23(21)30-26/h3-14H,1-2H3,(H,27,29)(H,28,30). The summed E-state index contributed by atoms with van der Waals surface area (Å²) < 4.78 is 0. The first-order chi connectivity index (χ1) is 14.7. The molecular weight excluding hydrogens is 368 g/mol. The second-order valence-electron chi connectivity index (χ2n) is 7.92. The maximum absolute atomic E-state index is 4.88. The highest BCUT2D eigenvalue weighted by molar-refractivity contribution is 6.05. The van der Waals surface area contributed by atoms with Gasteiger partial charge in [-0.25, -0.2) is 9.97 Å². The molecule has 0 radical (unpaired) electrons. The molecule has 6 aromatic rings. The maximum atomic E-state index is 4.88. The number of aromatic amines is 2. The molecule has 0 unspecified atom stereocenters. The molecule has 0 fully saturated rings. The second kappa shape index (κ2) is 6.29. The van der Waals surface area contributed by atoms with Gasteiger partial charge in [0, 0.05) is 16.5 Å². The molecule has 30 heavy (non-hydrogen) atoms. The molecule has 0 aliphatic carbocycles.